The van der Waals surface area contributed by atoms with Gasteiger partial charge in [-0.3, -0.25) is 0 Å². The van der Waals surface area contributed by atoms with Gasteiger partial charge in [0.05, 0.1) is 5.35 Å². The molecule has 0 aliphatic carbocycles. The number of benzene rings is 1. The van der Waals surface area contributed by atoms with E-state index < -0.39 is 6.61 Å². The number of alkyl halides is 2. The number of hydrogen-bond donors (Lipinski definition) is 2. The molecule has 3 N–H and O–H groups in total. The molecule has 2 aromatic rings. The molecule has 1 aromatic heterocycles. The summed E-state index contributed by atoms with van der Waals surface area (Å²) in [5.74, 6) is 0.0694. The molecule has 0 saturated carbocycles. The van der Waals surface area contributed by atoms with Crippen molar-refractivity contribution in [2.24, 2.45) is 5.73 Å². The second-order valence-corrected chi connectivity index (χ2v) is 4.28. The molecule has 0 unspecified atom stereocenters. The number of fused-ring (bicyclic) bond motifs is 1. The fourth-order valence-corrected chi connectivity index (χ4v) is 1.94. The molecule has 0 amide bonds. The van der Waals surface area contributed by atoms with E-state index in [0.29, 0.717) is 21.0 Å². The van der Waals surface area contributed by atoms with Gasteiger partial charge in [0.2, 0.25) is 0 Å². The highest BCUT2D eigenvalue weighted by atomic mass is 35.5. The van der Waals surface area contributed by atoms with Crippen molar-refractivity contribution in [2.45, 2.75) is 6.61 Å². The summed E-state index contributed by atoms with van der Waals surface area (Å²) in [6, 6.07) is 4.58. The molecule has 1 aromatic carbocycles. The van der Waals surface area contributed by atoms with Crippen LogP contribution < -0.4 is 21.0 Å². The molecular weight excluding hydrogens is 274 g/mol. The Morgan fingerprint density at radius 1 is 1.47 bits per heavy atom. The lowest BCUT2D eigenvalue weighted by molar-refractivity contribution is -0.0497. The van der Waals surface area contributed by atoms with Gasteiger partial charge in [-0.15, -0.1) is 0 Å². The summed E-state index contributed by atoms with van der Waals surface area (Å²) in [5, 5.41) is 2.30. The summed E-state index contributed by atoms with van der Waals surface area (Å²) in [4.78, 5) is 3.05. The zero-order valence-corrected chi connectivity index (χ0v) is 10.5. The summed E-state index contributed by atoms with van der Waals surface area (Å²) in [6.45, 7) is 0.705. The first-order chi connectivity index (χ1) is 9.01. The van der Waals surface area contributed by atoms with Gasteiger partial charge < -0.3 is 15.5 Å². The lowest BCUT2D eigenvalue weighted by Gasteiger charge is -2.03. The molecule has 1 heterocycles. The fraction of sp³-hybridized carbons (Fsp3) is 0.0769. The van der Waals surface area contributed by atoms with Crippen LogP contribution in [0.4, 0.5) is 8.78 Å². The maximum atomic E-state index is 12.2. The van der Waals surface area contributed by atoms with Crippen molar-refractivity contribution < 1.29 is 13.5 Å². The van der Waals surface area contributed by atoms with Crippen LogP contribution in [0.15, 0.2) is 29.8 Å². The zero-order chi connectivity index (χ0) is 14.0. The number of nitrogens with one attached hydrogen (secondary N) is 1. The number of aromatic amines is 1. The van der Waals surface area contributed by atoms with Crippen LogP contribution in [0.2, 0.25) is 0 Å². The van der Waals surface area contributed by atoms with Gasteiger partial charge in [-0.25, -0.2) is 0 Å². The molecule has 19 heavy (non-hydrogen) atoms. The predicted octanol–water partition coefficient (Wildman–Crippen LogP) is 2.00. The van der Waals surface area contributed by atoms with Crippen molar-refractivity contribution in [1.82, 2.24) is 4.98 Å². The average Bonchev–Trinajstić information content (AvgIpc) is 2.66. The van der Waals surface area contributed by atoms with Crippen LogP contribution in [0.25, 0.3) is 23.2 Å². The molecule has 0 fully saturated rings. The maximum Gasteiger partial charge on any atom is 0.387 e. The topological polar surface area (TPSA) is 51.0 Å². The van der Waals surface area contributed by atoms with Crippen LogP contribution in [0, 0.1) is 0 Å². The highest BCUT2D eigenvalue weighted by Crippen LogP contribution is 2.18. The minimum Gasteiger partial charge on any atom is -0.435 e. The van der Waals surface area contributed by atoms with Crippen molar-refractivity contribution >= 4 is 34.8 Å². The van der Waals surface area contributed by atoms with E-state index in [1.807, 2.05) is 0 Å². The number of aromatic nitrogens is 1. The number of ether oxygens (including phenoxy) is 1. The zero-order valence-electron chi connectivity index (χ0n) is 9.79. The Morgan fingerprint density at radius 2 is 2.21 bits per heavy atom. The number of rotatable bonds is 3. The molecule has 0 radical (unpaired) electrons. The van der Waals surface area contributed by atoms with Crippen LogP contribution in [0.3, 0.4) is 0 Å². The van der Waals surface area contributed by atoms with Gasteiger partial charge in [-0.05, 0) is 24.3 Å². The monoisotopic (exact) mass is 284 g/mol. The van der Waals surface area contributed by atoms with E-state index in [0.717, 1.165) is 5.52 Å². The van der Waals surface area contributed by atoms with E-state index in [2.05, 4.69) is 16.3 Å². The Bertz CT molecular complexity index is 737. The highest BCUT2D eigenvalue weighted by Gasteiger charge is 2.07. The minimum atomic E-state index is -2.87. The Labute approximate surface area is 112 Å². The average molecular weight is 285 g/mol. The molecule has 3 nitrogen and oxygen atoms in total. The van der Waals surface area contributed by atoms with Crippen molar-refractivity contribution in [1.29, 1.82) is 0 Å². The molecule has 0 spiro atoms. The van der Waals surface area contributed by atoms with Crippen LogP contribution in [0.5, 0.6) is 5.75 Å². The Kier molecular flexibility index (Phi) is 3.76. The van der Waals surface area contributed by atoms with E-state index in [-0.39, 0.29) is 5.75 Å². The predicted molar refractivity (Wildman–Crippen MR) is 72.3 cm³/mol. The van der Waals surface area contributed by atoms with Crippen molar-refractivity contribution in [3.63, 3.8) is 0 Å². The van der Waals surface area contributed by atoms with Gasteiger partial charge in [0.15, 0.2) is 0 Å². The number of allylic oxidation sites excluding steroid dienone is 1. The number of nitrogens with two attached hydrogens (primary N) is 1. The first-order valence-corrected chi connectivity index (χ1v) is 5.73. The standard InChI is InChI=1S/C13H11ClF2N2O/c1-7(14)4-9-10-5-8(19-13(15)16)2-3-11(10)18-12(9)6-17/h2-6,13,18H,1,17H2/b9-4-,12-6+. The largest absolute Gasteiger partial charge is 0.435 e. The molecule has 100 valence electrons. The second kappa shape index (κ2) is 5.32. The van der Waals surface area contributed by atoms with E-state index in [4.69, 9.17) is 17.3 Å². The van der Waals surface area contributed by atoms with Crippen molar-refractivity contribution in [2.75, 3.05) is 0 Å². The molecule has 2 rings (SSSR count). The third kappa shape index (κ3) is 2.88. The second-order valence-electron chi connectivity index (χ2n) is 3.80. The van der Waals surface area contributed by atoms with Gasteiger partial charge in [-0.1, -0.05) is 18.2 Å². The van der Waals surface area contributed by atoms with Gasteiger partial charge in [-0.2, -0.15) is 8.78 Å². The maximum absolute atomic E-state index is 12.2. The van der Waals surface area contributed by atoms with Crippen LogP contribution in [0.1, 0.15) is 0 Å². The normalized spacial score (nSPS) is 13.5. The van der Waals surface area contributed by atoms with E-state index in [1.54, 1.807) is 12.1 Å². The molecule has 0 bridgehead atoms. The summed E-state index contributed by atoms with van der Waals surface area (Å²) in [5.41, 5.74) is 6.25. The summed E-state index contributed by atoms with van der Waals surface area (Å²) in [6.07, 6.45) is 2.98. The van der Waals surface area contributed by atoms with Crippen LogP contribution >= 0.6 is 11.6 Å². The number of H-pyrrole nitrogens is 1. The van der Waals surface area contributed by atoms with Crippen LogP contribution in [-0.2, 0) is 0 Å². The SMILES string of the molecule is C=C(Cl)/C=c1\c(=C/N)[nH]c2ccc(OC(F)F)cc12. The fourth-order valence-electron chi connectivity index (χ4n) is 1.83. The number of halogens is 3. The van der Waals surface area contributed by atoms with Crippen molar-refractivity contribution in [3.05, 3.63) is 40.4 Å². The molecule has 0 atom stereocenters. The molecular formula is C13H11ClF2N2O. The summed E-state index contributed by atoms with van der Waals surface area (Å²) < 4.78 is 28.8. The van der Waals surface area contributed by atoms with E-state index >= 15 is 0 Å². The first kappa shape index (κ1) is 13.4. The van der Waals surface area contributed by atoms with E-state index in [1.165, 1.54) is 18.3 Å². The Morgan fingerprint density at radius 3 is 2.79 bits per heavy atom. The van der Waals surface area contributed by atoms with Gasteiger partial charge in [0.1, 0.15) is 5.75 Å². The third-order valence-electron chi connectivity index (χ3n) is 2.53. The van der Waals surface area contributed by atoms with Crippen LogP contribution in [-0.4, -0.2) is 11.6 Å². The Hall–Kier alpha value is -2.01. The molecule has 0 aliphatic rings. The molecule has 6 heteroatoms. The molecule has 0 saturated heterocycles. The smallest absolute Gasteiger partial charge is 0.387 e. The van der Waals surface area contributed by atoms with E-state index in [9.17, 15) is 8.78 Å². The van der Waals surface area contributed by atoms with Gasteiger partial charge in [0.25, 0.3) is 0 Å². The summed E-state index contributed by atoms with van der Waals surface area (Å²) >= 11 is 5.75. The molecule has 0 aliphatic heterocycles. The third-order valence-corrected chi connectivity index (χ3v) is 2.64. The van der Waals surface area contributed by atoms with Gasteiger partial charge in [0, 0.05) is 27.4 Å². The first-order valence-electron chi connectivity index (χ1n) is 5.36. The highest BCUT2D eigenvalue weighted by molar-refractivity contribution is 6.33. The summed E-state index contributed by atoms with van der Waals surface area (Å²) in [7, 11) is 0. The van der Waals surface area contributed by atoms with Gasteiger partial charge >= 0.3 is 6.61 Å². The number of hydrogen-bond acceptors (Lipinski definition) is 2. The minimum absolute atomic E-state index is 0.0694. The lowest BCUT2D eigenvalue weighted by Crippen LogP contribution is -2.24. The Balaban J connectivity index is 2.73. The quantitative estimate of drug-likeness (QED) is 0.906. The van der Waals surface area contributed by atoms with Crippen molar-refractivity contribution in [3.8, 4) is 5.75 Å². The lowest BCUT2D eigenvalue weighted by atomic mass is 10.2.